The highest BCUT2D eigenvalue weighted by molar-refractivity contribution is 5.01. The standard InChI is InChI=1S/C22H39/c1-2-3-4-5-6-7-8-9-10-11-12-22-16-19-13-20(17-22)15-21(14-19)18-22/h19-21H,1-18H2. The molecule has 4 aliphatic rings. The van der Waals surface area contributed by atoms with Gasteiger partial charge in [-0.1, -0.05) is 71.1 Å². The van der Waals surface area contributed by atoms with Crippen LogP contribution in [0, 0.1) is 30.1 Å². The fourth-order valence-corrected chi connectivity index (χ4v) is 6.51. The molecule has 1 radical (unpaired) electrons. The van der Waals surface area contributed by atoms with Crippen molar-refractivity contribution in [3.05, 3.63) is 6.92 Å². The van der Waals surface area contributed by atoms with Crippen LogP contribution in [0.25, 0.3) is 0 Å². The lowest BCUT2D eigenvalue weighted by Gasteiger charge is -2.57. The molecule has 0 saturated heterocycles. The van der Waals surface area contributed by atoms with Gasteiger partial charge in [-0.15, -0.1) is 0 Å². The van der Waals surface area contributed by atoms with E-state index in [-0.39, 0.29) is 0 Å². The molecular weight excluding hydrogens is 264 g/mol. The van der Waals surface area contributed by atoms with Gasteiger partial charge in [0.25, 0.3) is 0 Å². The van der Waals surface area contributed by atoms with Gasteiger partial charge in [-0.05, 0) is 68.1 Å². The van der Waals surface area contributed by atoms with Crippen molar-refractivity contribution >= 4 is 0 Å². The summed E-state index contributed by atoms with van der Waals surface area (Å²) in [5, 5.41) is 0. The minimum atomic E-state index is 0.836. The van der Waals surface area contributed by atoms with E-state index in [2.05, 4.69) is 6.92 Å². The van der Waals surface area contributed by atoms with E-state index in [1.165, 1.54) is 57.8 Å². The van der Waals surface area contributed by atoms with Crippen molar-refractivity contribution < 1.29 is 0 Å². The topological polar surface area (TPSA) is 0 Å². The molecule has 22 heavy (non-hydrogen) atoms. The molecule has 4 bridgehead atoms. The minimum Gasteiger partial charge on any atom is -0.0533 e. The first-order valence-electron chi connectivity index (χ1n) is 10.6. The van der Waals surface area contributed by atoms with Crippen LogP contribution in [0.15, 0.2) is 0 Å². The van der Waals surface area contributed by atoms with Gasteiger partial charge >= 0.3 is 0 Å². The zero-order valence-electron chi connectivity index (χ0n) is 15.0. The highest BCUT2D eigenvalue weighted by Crippen LogP contribution is 2.61. The Kier molecular flexibility index (Phi) is 6.28. The third-order valence-corrected chi connectivity index (χ3v) is 7.12. The van der Waals surface area contributed by atoms with Gasteiger partial charge in [-0.25, -0.2) is 0 Å². The van der Waals surface area contributed by atoms with Gasteiger partial charge in [0.15, 0.2) is 0 Å². The number of hydrogen-bond acceptors (Lipinski definition) is 0. The van der Waals surface area contributed by atoms with Crippen LogP contribution in [0.5, 0.6) is 0 Å². The van der Waals surface area contributed by atoms with E-state index < -0.39 is 0 Å². The predicted molar refractivity (Wildman–Crippen MR) is 96.7 cm³/mol. The Morgan fingerprint density at radius 3 is 1.45 bits per heavy atom. The van der Waals surface area contributed by atoms with Crippen LogP contribution in [0.3, 0.4) is 0 Å². The van der Waals surface area contributed by atoms with Crippen molar-refractivity contribution in [2.75, 3.05) is 0 Å². The van der Waals surface area contributed by atoms with E-state index in [0.717, 1.165) is 29.6 Å². The van der Waals surface area contributed by atoms with Gasteiger partial charge in [-0.3, -0.25) is 0 Å². The minimum absolute atomic E-state index is 0.836. The summed E-state index contributed by atoms with van der Waals surface area (Å²) in [5.74, 6) is 3.43. The first-order valence-corrected chi connectivity index (χ1v) is 10.6. The van der Waals surface area contributed by atoms with Crippen molar-refractivity contribution in [1.82, 2.24) is 0 Å². The number of hydrogen-bond donors (Lipinski definition) is 0. The summed E-state index contributed by atoms with van der Waals surface area (Å²) in [7, 11) is 0. The Bertz CT molecular complexity index is 281. The lowest BCUT2D eigenvalue weighted by Crippen LogP contribution is -2.45. The first kappa shape index (κ1) is 16.8. The van der Waals surface area contributed by atoms with Gasteiger partial charge in [0, 0.05) is 0 Å². The van der Waals surface area contributed by atoms with Crippen molar-refractivity contribution in [3.8, 4) is 0 Å². The van der Waals surface area contributed by atoms with E-state index in [1.807, 2.05) is 0 Å². The molecule has 4 aliphatic carbocycles. The van der Waals surface area contributed by atoms with Crippen LogP contribution >= 0.6 is 0 Å². The van der Waals surface area contributed by atoms with Gasteiger partial charge in [0.1, 0.15) is 0 Å². The van der Waals surface area contributed by atoms with E-state index in [1.54, 1.807) is 44.9 Å². The fraction of sp³-hybridized carbons (Fsp3) is 0.955. The summed E-state index contributed by atoms with van der Waals surface area (Å²) < 4.78 is 0. The average Bonchev–Trinajstić information content (AvgIpc) is 2.48. The number of rotatable bonds is 11. The summed E-state index contributed by atoms with van der Waals surface area (Å²) in [5.41, 5.74) is 0.836. The molecule has 4 saturated carbocycles. The van der Waals surface area contributed by atoms with Crippen molar-refractivity contribution in [2.24, 2.45) is 23.2 Å². The zero-order valence-corrected chi connectivity index (χ0v) is 15.0. The smallest absolute Gasteiger partial charge is 0.0290 e. The molecule has 0 atom stereocenters. The molecule has 0 heteroatoms. The van der Waals surface area contributed by atoms with E-state index in [4.69, 9.17) is 0 Å². The molecule has 0 amide bonds. The monoisotopic (exact) mass is 303 g/mol. The molecule has 0 aromatic carbocycles. The summed E-state index contributed by atoms with van der Waals surface area (Å²) in [6.07, 6.45) is 25.6. The highest BCUT2D eigenvalue weighted by Gasteiger charge is 2.50. The van der Waals surface area contributed by atoms with Crippen LogP contribution in [-0.2, 0) is 0 Å². The highest BCUT2D eigenvalue weighted by atomic mass is 14.5. The second-order valence-electron chi connectivity index (χ2n) is 9.20. The summed E-state index contributed by atoms with van der Waals surface area (Å²) in [6.45, 7) is 3.92. The largest absolute Gasteiger partial charge is 0.0533 e. The Hall–Kier alpha value is 0. The molecule has 0 aromatic heterocycles. The second kappa shape index (κ2) is 8.20. The van der Waals surface area contributed by atoms with Crippen LogP contribution in [0.4, 0.5) is 0 Å². The van der Waals surface area contributed by atoms with Crippen LogP contribution in [0.1, 0.15) is 109 Å². The Balaban J connectivity index is 1.22. The molecule has 0 spiro atoms. The van der Waals surface area contributed by atoms with Crippen LogP contribution in [0.2, 0.25) is 0 Å². The van der Waals surface area contributed by atoms with Crippen molar-refractivity contribution in [3.63, 3.8) is 0 Å². The Morgan fingerprint density at radius 1 is 0.591 bits per heavy atom. The summed E-state index contributed by atoms with van der Waals surface area (Å²) in [4.78, 5) is 0. The predicted octanol–water partition coefficient (Wildman–Crippen LogP) is 7.33. The van der Waals surface area contributed by atoms with Crippen molar-refractivity contribution in [2.45, 2.75) is 109 Å². The molecule has 4 rings (SSSR count). The molecule has 0 nitrogen and oxygen atoms in total. The zero-order chi connectivity index (χ0) is 15.3. The van der Waals surface area contributed by atoms with Gasteiger partial charge < -0.3 is 0 Å². The van der Waals surface area contributed by atoms with Crippen LogP contribution in [-0.4, -0.2) is 0 Å². The van der Waals surface area contributed by atoms with E-state index in [9.17, 15) is 0 Å². The maximum atomic E-state index is 3.92. The molecule has 0 aromatic rings. The quantitative estimate of drug-likeness (QED) is 0.350. The van der Waals surface area contributed by atoms with Crippen molar-refractivity contribution in [1.29, 1.82) is 0 Å². The van der Waals surface area contributed by atoms with Gasteiger partial charge in [0.05, 0.1) is 0 Å². The average molecular weight is 304 g/mol. The molecule has 0 heterocycles. The lowest BCUT2D eigenvalue weighted by atomic mass is 9.48. The molecule has 4 fully saturated rings. The van der Waals surface area contributed by atoms with E-state index >= 15 is 0 Å². The summed E-state index contributed by atoms with van der Waals surface area (Å²) >= 11 is 0. The Morgan fingerprint density at radius 2 is 1.00 bits per heavy atom. The maximum Gasteiger partial charge on any atom is -0.0290 e. The molecule has 127 valence electrons. The molecular formula is C22H39. The third kappa shape index (κ3) is 4.51. The third-order valence-electron chi connectivity index (χ3n) is 7.12. The molecule has 0 aliphatic heterocycles. The first-order chi connectivity index (χ1) is 10.8. The van der Waals surface area contributed by atoms with E-state index in [0.29, 0.717) is 0 Å². The van der Waals surface area contributed by atoms with Gasteiger partial charge in [-0.2, -0.15) is 0 Å². The normalized spacial score (nSPS) is 36.1. The lowest BCUT2D eigenvalue weighted by molar-refractivity contribution is -0.0583. The molecule has 0 unspecified atom stereocenters. The SMILES string of the molecule is [CH2]CCCCCCCCCCCC12CC3CC(CC(C3)C1)C2. The van der Waals surface area contributed by atoms with Crippen LogP contribution < -0.4 is 0 Å². The van der Waals surface area contributed by atoms with Gasteiger partial charge in [0.2, 0.25) is 0 Å². The second-order valence-corrected chi connectivity index (χ2v) is 9.20. The maximum absolute atomic E-state index is 3.92. The Labute approximate surface area is 139 Å². The molecule has 0 N–H and O–H groups in total. The number of unbranched alkanes of at least 4 members (excludes halogenated alkanes) is 9. The fourth-order valence-electron chi connectivity index (χ4n) is 6.51. The summed E-state index contributed by atoms with van der Waals surface area (Å²) in [6, 6.07) is 0.